The highest BCUT2D eigenvalue weighted by Crippen LogP contribution is 2.22. The Hall–Kier alpha value is -2.00. The SMILES string of the molecule is NC1C=CC(C(=O)c2cnc3ccccc3c2)C1. The van der Waals surface area contributed by atoms with E-state index in [0.717, 1.165) is 10.9 Å². The van der Waals surface area contributed by atoms with Crippen molar-refractivity contribution in [1.29, 1.82) is 0 Å². The molecule has 2 N–H and O–H groups in total. The predicted molar refractivity (Wildman–Crippen MR) is 71.3 cm³/mol. The maximum absolute atomic E-state index is 12.3. The quantitative estimate of drug-likeness (QED) is 0.645. The molecule has 1 aromatic carbocycles. The van der Waals surface area contributed by atoms with Gasteiger partial charge in [-0.3, -0.25) is 9.78 Å². The molecular weight excluding hydrogens is 224 g/mol. The van der Waals surface area contributed by atoms with Crippen LogP contribution in [0.15, 0.2) is 48.7 Å². The molecule has 1 aromatic heterocycles. The minimum Gasteiger partial charge on any atom is -0.324 e. The fourth-order valence-corrected chi connectivity index (χ4v) is 2.34. The zero-order valence-corrected chi connectivity index (χ0v) is 9.91. The third-order valence-corrected chi connectivity index (χ3v) is 3.33. The van der Waals surface area contributed by atoms with Gasteiger partial charge in [-0.1, -0.05) is 30.4 Å². The number of allylic oxidation sites excluding steroid dienone is 1. The largest absolute Gasteiger partial charge is 0.324 e. The second kappa shape index (κ2) is 4.35. The summed E-state index contributed by atoms with van der Waals surface area (Å²) in [6.45, 7) is 0. The molecule has 3 heteroatoms. The number of aromatic nitrogens is 1. The van der Waals surface area contributed by atoms with Gasteiger partial charge < -0.3 is 5.73 Å². The average molecular weight is 238 g/mol. The molecule has 18 heavy (non-hydrogen) atoms. The highest BCUT2D eigenvalue weighted by Gasteiger charge is 2.24. The number of hydrogen-bond acceptors (Lipinski definition) is 3. The molecule has 3 nitrogen and oxygen atoms in total. The van der Waals surface area contributed by atoms with Crippen molar-refractivity contribution in [3.05, 3.63) is 54.2 Å². The molecule has 0 radical (unpaired) electrons. The standard InChI is InChI=1S/C15H14N2O/c16-13-6-5-11(8-13)15(18)12-7-10-3-1-2-4-14(10)17-9-12/h1-7,9,11,13H,8,16H2. The second-order valence-electron chi connectivity index (χ2n) is 4.67. The Kier molecular flexibility index (Phi) is 2.68. The summed E-state index contributed by atoms with van der Waals surface area (Å²) in [4.78, 5) is 16.6. The Morgan fingerprint density at radius 2 is 2.11 bits per heavy atom. The highest BCUT2D eigenvalue weighted by molar-refractivity contribution is 6.01. The van der Waals surface area contributed by atoms with E-state index in [1.54, 1.807) is 6.20 Å². The normalized spacial score (nSPS) is 22.5. The van der Waals surface area contributed by atoms with E-state index >= 15 is 0 Å². The summed E-state index contributed by atoms with van der Waals surface area (Å²) in [7, 11) is 0. The van der Waals surface area contributed by atoms with E-state index in [9.17, 15) is 4.79 Å². The number of carbonyl (C=O) groups excluding carboxylic acids is 1. The summed E-state index contributed by atoms with van der Waals surface area (Å²) in [5, 5.41) is 0.995. The monoisotopic (exact) mass is 238 g/mol. The molecular formula is C15H14N2O. The second-order valence-corrected chi connectivity index (χ2v) is 4.67. The number of nitrogens with zero attached hydrogens (tertiary/aromatic N) is 1. The summed E-state index contributed by atoms with van der Waals surface area (Å²) in [6, 6.07) is 9.71. The molecule has 2 aromatic rings. The van der Waals surface area contributed by atoms with Gasteiger partial charge in [0, 0.05) is 29.1 Å². The molecule has 0 saturated carbocycles. The molecule has 1 aliphatic carbocycles. The van der Waals surface area contributed by atoms with E-state index in [1.165, 1.54) is 0 Å². The van der Waals surface area contributed by atoms with Crippen molar-refractivity contribution in [1.82, 2.24) is 4.98 Å². The van der Waals surface area contributed by atoms with Crippen LogP contribution in [0.4, 0.5) is 0 Å². The minimum atomic E-state index is -0.0945. The number of nitrogens with two attached hydrogens (primary N) is 1. The number of ketones is 1. The highest BCUT2D eigenvalue weighted by atomic mass is 16.1. The van der Waals surface area contributed by atoms with Crippen LogP contribution in [0.25, 0.3) is 10.9 Å². The number of hydrogen-bond donors (Lipinski definition) is 1. The number of carbonyl (C=O) groups is 1. The first-order valence-corrected chi connectivity index (χ1v) is 6.07. The molecule has 1 heterocycles. The Bertz CT molecular complexity index is 633. The lowest BCUT2D eigenvalue weighted by molar-refractivity contribution is 0.0943. The van der Waals surface area contributed by atoms with Gasteiger partial charge in [0.05, 0.1) is 5.52 Å². The van der Waals surface area contributed by atoms with Crippen LogP contribution >= 0.6 is 0 Å². The van der Waals surface area contributed by atoms with Crippen LogP contribution in [-0.2, 0) is 0 Å². The molecule has 0 spiro atoms. The molecule has 1 aliphatic rings. The van der Waals surface area contributed by atoms with Crippen LogP contribution in [0.5, 0.6) is 0 Å². The minimum absolute atomic E-state index is 0.00682. The van der Waals surface area contributed by atoms with Crippen molar-refractivity contribution in [2.45, 2.75) is 12.5 Å². The van der Waals surface area contributed by atoms with Gasteiger partial charge in [-0.05, 0) is 18.6 Å². The molecule has 0 aliphatic heterocycles. The number of benzene rings is 1. The Morgan fingerprint density at radius 1 is 1.28 bits per heavy atom. The van der Waals surface area contributed by atoms with Gasteiger partial charge in [-0.25, -0.2) is 0 Å². The molecule has 90 valence electrons. The fourth-order valence-electron chi connectivity index (χ4n) is 2.34. The molecule has 3 rings (SSSR count). The molecule has 0 bridgehead atoms. The van der Waals surface area contributed by atoms with Gasteiger partial charge >= 0.3 is 0 Å². The summed E-state index contributed by atoms with van der Waals surface area (Å²) in [5.74, 6) is 0.0143. The van der Waals surface area contributed by atoms with Crippen molar-refractivity contribution in [2.75, 3.05) is 0 Å². The lowest BCUT2D eigenvalue weighted by atomic mass is 9.97. The molecule has 0 saturated heterocycles. The fraction of sp³-hybridized carbons (Fsp3) is 0.200. The van der Waals surface area contributed by atoms with Gasteiger partial charge in [0.1, 0.15) is 0 Å². The first-order chi connectivity index (χ1) is 8.74. The average Bonchev–Trinajstić information content (AvgIpc) is 2.84. The first-order valence-electron chi connectivity index (χ1n) is 6.07. The Balaban J connectivity index is 1.94. The van der Waals surface area contributed by atoms with Gasteiger partial charge in [0.15, 0.2) is 5.78 Å². The first kappa shape index (κ1) is 11.1. The summed E-state index contributed by atoms with van der Waals surface area (Å²) in [6.07, 6.45) is 6.16. The lowest BCUT2D eigenvalue weighted by Gasteiger charge is -2.08. The van der Waals surface area contributed by atoms with E-state index < -0.39 is 0 Å². The predicted octanol–water partition coefficient (Wildman–Crippen LogP) is 2.32. The van der Waals surface area contributed by atoms with Crippen LogP contribution in [0.3, 0.4) is 0 Å². The molecule has 2 atom stereocenters. The van der Waals surface area contributed by atoms with Crippen LogP contribution in [0.1, 0.15) is 16.8 Å². The zero-order valence-electron chi connectivity index (χ0n) is 9.91. The maximum atomic E-state index is 12.3. The van der Waals surface area contributed by atoms with E-state index in [0.29, 0.717) is 12.0 Å². The number of rotatable bonds is 2. The van der Waals surface area contributed by atoms with Gasteiger partial charge in [0.25, 0.3) is 0 Å². The van der Waals surface area contributed by atoms with Crippen molar-refractivity contribution >= 4 is 16.7 Å². The van der Waals surface area contributed by atoms with Crippen molar-refractivity contribution in [2.24, 2.45) is 11.7 Å². The number of fused-ring (bicyclic) bond motifs is 1. The van der Waals surface area contributed by atoms with Crippen molar-refractivity contribution in [3.63, 3.8) is 0 Å². The number of para-hydroxylation sites is 1. The molecule has 0 amide bonds. The van der Waals surface area contributed by atoms with Crippen LogP contribution in [0, 0.1) is 5.92 Å². The summed E-state index contributed by atoms with van der Waals surface area (Å²) >= 11 is 0. The van der Waals surface area contributed by atoms with Crippen molar-refractivity contribution < 1.29 is 4.79 Å². The van der Waals surface area contributed by atoms with Crippen LogP contribution in [0.2, 0.25) is 0 Å². The van der Waals surface area contributed by atoms with Gasteiger partial charge in [-0.15, -0.1) is 0 Å². The van der Waals surface area contributed by atoms with Crippen LogP contribution < -0.4 is 5.73 Å². The van der Waals surface area contributed by atoms with Crippen LogP contribution in [-0.4, -0.2) is 16.8 Å². The lowest BCUT2D eigenvalue weighted by Crippen LogP contribution is -2.19. The number of pyridine rings is 1. The zero-order chi connectivity index (χ0) is 12.5. The van der Waals surface area contributed by atoms with E-state index in [2.05, 4.69) is 4.98 Å². The van der Waals surface area contributed by atoms with E-state index in [1.807, 2.05) is 42.5 Å². The smallest absolute Gasteiger partial charge is 0.171 e. The molecule has 2 unspecified atom stereocenters. The topological polar surface area (TPSA) is 56.0 Å². The van der Waals surface area contributed by atoms with Gasteiger partial charge in [-0.2, -0.15) is 0 Å². The summed E-state index contributed by atoms with van der Waals surface area (Å²) in [5.41, 5.74) is 7.35. The van der Waals surface area contributed by atoms with Crippen molar-refractivity contribution in [3.8, 4) is 0 Å². The third kappa shape index (κ3) is 1.93. The third-order valence-electron chi connectivity index (χ3n) is 3.33. The Labute approximate surface area is 105 Å². The summed E-state index contributed by atoms with van der Waals surface area (Å²) < 4.78 is 0. The number of Topliss-reactive ketones (excluding diaryl/α,β-unsaturated/α-hetero) is 1. The Morgan fingerprint density at radius 3 is 2.89 bits per heavy atom. The molecule has 0 fully saturated rings. The van der Waals surface area contributed by atoms with E-state index in [-0.39, 0.29) is 17.7 Å². The van der Waals surface area contributed by atoms with Gasteiger partial charge in [0.2, 0.25) is 0 Å². The maximum Gasteiger partial charge on any atom is 0.171 e. The van der Waals surface area contributed by atoms with E-state index in [4.69, 9.17) is 5.73 Å².